The molecule has 3 aromatic heterocycles. The molecule has 4 aromatic rings. The number of hydrogen-bond acceptors (Lipinski definition) is 5. The lowest BCUT2D eigenvalue weighted by Crippen LogP contribution is -1.84. The minimum absolute atomic E-state index is 0.596. The molecule has 0 saturated heterocycles. The second-order valence-electron chi connectivity index (χ2n) is 4.07. The van der Waals surface area contributed by atoms with Crippen molar-refractivity contribution in [2.75, 3.05) is 7.11 Å². The van der Waals surface area contributed by atoms with E-state index in [9.17, 15) is 0 Å². The van der Waals surface area contributed by atoms with Gasteiger partial charge in [-0.2, -0.15) is 0 Å². The average Bonchev–Trinajstić information content (AvgIpc) is 3.09. The van der Waals surface area contributed by atoms with E-state index in [1.807, 2.05) is 36.5 Å². The largest absolute Gasteiger partial charge is 0.472 e. The summed E-state index contributed by atoms with van der Waals surface area (Å²) in [6.45, 7) is 0. The standard InChI is InChI=1S/C13H9N3O2S/c1-17-13-15-16-7-9(14-12(16)19-13)11-6-8-4-2-3-5-10(8)18-11/h2-7H,1H3. The van der Waals surface area contributed by atoms with E-state index in [0.29, 0.717) is 5.19 Å². The van der Waals surface area contributed by atoms with Gasteiger partial charge in [-0.25, -0.2) is 9.50 Å². The van der Waals surface area contributed by atoms with Gasteiger partial charge in [-0.05, 0) is 23.5 Å². The summed E-state index contributed by atoms with van der Waals surface area (Å²) < 4.78 is 12.6. The highest BCUT2D eigenvalue weighted by molar-refractivity contribution is 7.18. The summed E-state index contributed by atoms with van der Waals surface area (Å²) >= 11 is 1.40. The molecule has 0 fully saturated rings. The molecule has 0 aliphatic carbocycles. The number of benzene rings is 1. The molecular weight excluding hydrogens is 262 g/mol. The summed E-state index contributed by atoms with van der Waals surface area (Å²) in [6, 6.07) is 9.88. The minimum Gasteiger partial charge on any atom is -0.472 e. The van der Waals surface area contributed by atoms with Crippen LogP contribution >= 0.6 is 11.3 Å². The van der Waals surface area contributed by atoms with Crippen LogP contribution in [0.2, 0.25) is 0 Å². The number of imidazole rings is 1. The summed E-state index contributed by atoms with van der Waals surface area (Å²) in [6.07, 6.45) is 1.84. The van der Waals surface area contributed by atoms with Gasteiger partial charge in [0.2, 0.25) is 4.96 Å². The normalized spacial score (nSPS) is 11.4. The molecule has 6 heteroatoms. The van der Waals surface area contributed by atoms with Crippen LogP contribution in [0.25, 0.3) is 27.4 Å². The lowest BCUT2D eigenvalue weighted by molar-refractivity contribution is 0.405. The van der Waals surface area contributed by atoms with Crippen LogP contribution in [0.3, 0.4) is 0 Å². The van der Waals surface area contributed by atoms with Gasteiger partial charge < -0.3 is 9.15 Å². The van der Waals surface area contributed by atoms with Crippen molar-refractivity contribution in [3.63, 3.8) is 0 Å². The van der Waals surface area contributed by atoms with Crippen molar-refractivity contribution in [2.24, 2.45) is 0 Å². The monoisotopic (exact) mass is 271 g/mol. The predicted molar refractivity (Wildman–Crippen MR) is 72.6 cm³/mol. The minimum atomic E-state index is 0.596. The molecule has 0 N–H and O–H groups in total. The molecule has 0 radical (unpaired) electrons. The molecule has 0 aliphatic heterocycles. The lowest BCUT2D eigenvalue weighted by Gasteiger charge is -1.88. The number of para-hydroxylation sites is 1. The Kier molecular flexibility index (Phi) is 2.13. The van der Waals surface area contributed by atoms with Gasteiger partial charge in [0, 0.05) is 5.39 Å². The Morgan fingerprint density at radius 2 is 2.21 bits per heavy atom. The molecule has 4 rings (SSSR count). The van der Waals surface area contributed by atoms with Gasteiger partial charge in [0.05, 0.1) is 13.3 Å². The Bertz CT molecular complexity index is 810. The maximum atomic E-state index is 5.78. The molecule has 5 nitrogen and oxygen atoms in total. The van der Waals surface area contributed by atoms with Crippen molar-refractivity contribution in [3.05, 3.63) is 36.5 Å². The zero-order valence-electron chi connectivity index (χ0n) is 10.0. The number of methoxy groups -OCH3 is 1. The number of furan rings is 1. The number of hydrogen-bond donors (Lipinski definition) is 0. The first-order valence-corrected chi connectivity index (χ1v) is 6.54. The van der Waals surface area contributed by atoms with E-state index in [1.54, 1.807) is 11.6 Å². The van der Waals surface area contributed by atoms with Crippen LogP contribution in [-0.4, -0.2) is 21.7 Å². The van der Waals surface area contributed by atoms with E-state index in [4.69, 9.17) is 9.15 Å². The first-order chi connectivity index (χ1) is 9.33. The molecule has 0 atom stereocenters. The van der Waals surface area contributed by atoms with Gasteiger partial charge in [-0.15, -0.1) is 5.10 Å². The van der Waals surface area contributed by atoms with Gasteiger partial charge in [-0.3, -0.25) is 0 Å². The highest BCUT2D eigenvalue weighted by Crippen LogP contribution is 2.29. The van der Waals surface area contributed by atoms with Crippen LogP contribution in [0.5, 0.6) is 5.19 Å². The van der Waals surface area contributed by atoms with Crippen LogP contribution in [0.1, 0.15) is 0 Å². The highest BCUT2D eigenvalue weighted by atomic mass is 32.1. The van der Waals surface area contributed by atoms with E-state index in [1.165, 1.54) is 11.3 Å². The summed E-state index contributed by atoms with van der Waals surface area (Å²) in [7, 11) is 1.60. The Morgan fingerprint density at radius 3 is 3.00 bits per heavy atom. The molecule has 3 heterocycles. The smallest absolute Gasteiger partial charge is 0.294 e. The second kappa shape index (κ2) is 3.83. The van der Waals surface area contributed by atoms with Crippen LogP contribution in [0.15, 0.2) is 40.9 Å². The number of ether oxygens (including phenoxy) is 1. The molecule has 94 valence electrons. The Balaban J connectivity index is 1.86. The van der Waals surface area contributed by atoms with Crippen LogP contribution in [0, 0.1) is 0 Å². The highest BCUT2D eigenvalue weighted by Gasteiger charge is 2.13. The van der Waals surface area contributed by atoms with E-state index >= 15 is 0 Å². The van der Waals surface area contributed by atoms with Gasteiger partial charge in [-0.1, -0.05) is 18.2 Å². The quantitative estimate of drug-likeness (QED) is 0.561. The Morgan fingerprint density at radius 1 is 1.32 bits per heavy atom. The summed E-state index contributed by atoms with van der Waals surface area (Å²) in [5.41, 5.74) is 1.64. The average molecular weight is 271 g/mol. The second-order valence-corrected chi connectivity index (χ2v) is 4.99. The van der Waals surface area contributed by atoms with E-state index in [0.717, 1.165) is 27.4 Å². The van der Waals surface area contributed by atoms with Crippen molar-refractivity contribution >= 4 is 27.3 Å². The molecule has 0 spiro atoms. The Labute approximate surface area is 112 Å². The van der Waals surface area contributed by atoms with Gasteiger partial charge in [0.15, 0.2) is 5.76 Å². The van der Waals surface area contributed by atoms with E-state index in [2.05, 4.69) is 10.1 Å². The number of fused-ring (bicyclic) bond motifs is 2. The first-order valence-electron chi connectivity index (χ1n) is 5.72. The third-order valence-electron chi connectivity index (χ3n) is 2.88. The van der Waals surface area contributed by atoms with Crippen molar-refractivity contribution < 1.29 is 9.15 Å². The maximum Gasteiger partial charge on any atom is 0.294 e. The molecule has 0 amide bonds. The number of nitrogens with zero attached hydrogens (tertiary/aromatic N) is 3. The summed E-state index contributed by atoms with van der Waals surface area (Å²) in [4.78, 5) is 5.28. The van der Waals surface area contributed by atoms with E-state index < -0.39 is 0 Å². The fourth-order valence-electron chi connectivity index (χ4n) is 1.99. The fourth-order valence-corrected chi connectivity index (χ4v) is 2.69. The predicted octanol–water partition coefficient (Wildman–Crippen LogP) is 3.21. The van der Waals surface area contributed by atoms with Crippen LogP contribution < -0.4 is 4.74 Å². The molecule has 1 aromatic carbocycles. The molecule has 0 saturated carbocycles. The maximum absolute atomic E-state index is 5.78. The molecular formula is C13H9N3O2S. The van der Waals surface area contributed by atoms with E-state index in [-0.39, 0.29) is 0 Å². The topological polar surface area (TPSA) is 52.6 Å². The van der Waals surface area contributed by atoms with Crippen molar-refractivity contribution in [3.8, 4) is 16.6 Å². The van der Waals surface area contributed by atoms with Gasteiger partial charge in [0.25, 0.3) is 5.19 Å². The third-order valence-corrected chi connectivity index (χ3v) is 3.76. The summed E-state index contributed by atoms with van der Waals surface area (Å²) in [5, 5.41) is 5.90. The fraction of sp³-hybridized carbons (Fsp3) is 0.0769. The van der Waals surface area contributed by atoms with Gasteiger partial charge >= 0.3 is 0 Å². The summed E-state index contributed by atoms with van der Waals surface area (Å²) in [5.74, 6) is 0.748. The van der Waals surface area contributed by atoms with Crippen LogP contribution in [0.4, 0.5) is 0 Å². The Hall–Kier alpha value is -2.34. The first kappa shape index (κ1) is 10.6. The van der Waals surface area contributed by atoms with Gasteiger partial charge in [0.1, 0.15) is 11.3 Å². The number of rotatable bonds is 2. The third kappa shape index (κ3) is 1.61. The van der Waals surface area contributed by atoms with Crippen molar-refractivity contribution in [1.82, 2.24) is 14.6 Å². The zero-order chi connectivity index (χ0) is 12.8. The molecule has 0 unspecified atom stereocenters. The molecule has 0 bridgehead atoms. The zero-order valence-corrected chi connectivity index (χ0v) is 10.8. The van der Waals surface area contributed by atoms with Crippen LogP contribution in [-0.2, 0) is 0 Å². The molecule has 0 aliphatic rings. The lowest BCUT2D eigenvalue weighted by atomic mass is 10.2. The molecule has 19 heavy (non-hydrogen) atoms. The van der Waals surface area contributed by atoms with Crippen molar-refractivity contribution in [1.29, 1.82) is 0 Å². The number of aromatic nitrogens is 3. The van der Waals surface area contributed by atoms with Crippen molar-refractivity contribution in [2.45, 2.75) is 0 Å². The SMILES string of the molecule is COc1nn2cc(-c3cc4ccccc4o3)nc2s1.